The van der Waals surface area contributed by atoms with Gasteiger partial charge in [-0.1, -0.05) is 48.5 Å². The molecule has 3 aromatic rings. The summed E-state index contributed by atoms with van der Waals surface area (Å²) in [5, 5.41) is 12.5. The Morgan fingerprint density at radius 3 is 2.23 bits per heavy atom. The van der Waals surface area contributed by atoms with Crippen LogP contribution in [0, 0.1) is 33.8 Å². The molecule has 3 aromatic carbocycles. The SMILES string of the molecule is O=C1[C@@H]2[C@H]3C[C@@H]([C@@H]2C(=O)N1c1ccc([N+](=O)[O-])c2ccccc12)[C@@H](c1ccccc1)C3. The van der Waals surface area contributed by atoms with Gasteiger partial charge in [-0.2, -0.15) is 0 Å². The van der Waals surface area contributed by atoms with Crippen LogP contribution in [0.5, 0.6) is 0 Å². The molecule has 1 aliphatic heterocycles. The van der Waals surface area contributed by atoms with Crippen LogP contribution >= 0.6 is 0 Å². The van der Waals surface area contributed by atoms with E-state index >= 15 is 0 Å². The topological polar surface area (TPSA) is 80.5 Å². The molecule has 0 N–H and O–H groups in total. The number of carbonyl (C=O) groups excluding carboxylic acids is 2. The molecule has 6 nitrogen and oxygen atoms in total. The summed E-state index contributed by atoms with van der Waals surface area (Å²) in [6, 6.07) is 20.1. The van der Waals surface area contributed by atoms with E-state index in [0.29, 0.717) is 22.4 Å². The maximum Gasteiger partial charge on any atom is 0.277 e. The Hall–Kier alpha value is -3.54. The molecule has 0 unspecified atom stereocenters. The molecule has 2 saturated carbocycles. The van der Waals surface area contributed by atoms with Crippen LogP contribution in [0.4, 0.5) is 11.4 Å². The number of hydrogen-bond donors (Lipinski definition) is 0. The Balaban J connectivity index is 1.42. The monoisotopic (exact) mass is 412 g/mol. The number of nitrogens with zero attached hydrogens (tertiary/aromatic N) is 2. The van der Waals surface area contributed by atoms with Gasteiger partial charge in [-0.25, -0.2) is 4.90 Å². The average Bonchev–Trinajstić information content (AvgIpc) is 3.45. The molecule has 5 atom stereocenters. The van der Waals surface area contributed by atoms with Crippen molar-refractivity contribution in [3.8, 4) is 0 Å². The van der Waals surface area contributed by atoms with E-state index in [9.17, 15) is 19.7 Å². The van der Waals surface area contributed by atoms with E-state index in [1.165, 1.54) is 16.5 Å². The van der Waals surface area contributed by atoms with Gasteiger partial charge in [-0.3, -0.25) is 19.7 Å². The van der Waals surface area contributed by atoms with Crippen molar-refractivity contribution in [2.45, 2.75) is 18.8 Å². The van der Waals surface area contributed by atoms with Gasteiger partial charge in [0.2, 0.25) is 11.8 Å². The van der Waals surface area contributed by atoms with Crippen molar-refractivity contribution in [2.75, 3.05) is 4.90 Å². The third-order valence-electron chi connectivity index (χ3n) is 7.56. The molecule has 0 radical (unpaired) electrons. The fourth-order valence-electron chi connectivity index (χ4n) is 6.40. The Kier molecular flexibility index (Phi) is 3.81. The van der Waals surface area contributed by atoms with Gasteiger partial charge < -0.3 is 0 Å². The van der Waals surface area contributed by atoms with Crippen LogP contribution in [0.3, 0.4) is 0 Å². The zero-order valence-corrected chi connectivity index (χ0v) is 16.7. The third kappa shape index (κ3) is 2.45. The predicted molar refractivity (Wildman–Crippen MR) is 115 cm³/mol. The number of hydrogen-bond acceptors (Lipinski definition) is 4. The number of fused-ring (bicyclic) bond motifs is 6. The van der Waals surface area contributed by atoms with Crippen molar-refractivity contribution in [1.82, 2.24) is 0 Å². The van der Waals surface area contributed by atoms with Crippen molar-refractivity contribution in [1.29, 1.82) is 0 Å². The van der Waals surface area contributed by atoms with E-state index in [-0.39, 0.29) is 41.2 Å². The first-order valence-electron chi connectivity index (χ1n) is 10.6. The third-order valence-corrected chi connectivity index (χ3v) is 7.56. The van der Waals surface area contributed by atoms with Gasteiger partial charge in [-0.15, -0.1) is 0 Å². The fourth-order valence-corrected chi connectivity index (χ4v) is 6.40. The number of amides is 2. The van der Waals surface area contributed by atoms with Crippen molar-refractivity contribution in [3.05, 3.63) is 82.4 Å². The molecule has 6 rings (SSSR count). The maximum atomic E-state index is 13.6. The highest BCUT2D eigenvalue weighted by Crippen LogP contribution is 2.62. The fraction of sp³-hybridized carbons (Fsp3) is 0.280. The Morgan fingerprint density at radius 1 is 0.806 bits per heavy atom. The van der Waals surface area contributed by atoms with Crippen LogP contribution in [0.25, 0.3) is 10.8 Å². The molecule has 31 heavy (non-hydrogen) atoms. The summed E-state index contributed by atoms with van der Waals surface area (Å²) < 4.78 is 0. The number of carbonyl (C=O) groups is 2. The summed E-state index contributed by atoms with van der Waals surface area (Å²) in [4.78, 5) is 39.4. The summed E-state index contributed by atoms with van der Waals surface area (Å²) in [6.45, 7) is 0. The van der Waals surface area contributed by atoms with Gasteiger partial charge in [-0.05, 0) is 48.3 Å². The van der Waals surface area contributed by atoms with E-state index in [4.69, 9.17) is 0 Å². The van der Waals surface area contributed by atoms with Gasteiger partial charge in [0, 0.05) is 11.5 Å². The molecule has 3 aliphatic rings. The van der Waals surface area contributed by atoms with Gasteiger partial charge in [0.15, 0.2) is 0 Å². The van der Waals surface area contributed by atoms with Crippen molar-refractivity contribution < 1.29 is 14.5 Å². The molecule has 1 heterocycles. The highest BCUT2D eigenvalue weighted by Gasteiger charge is 2.64. The molecule has 154 valence electrons. The summed E-state index contributed by atoms with van der Waals surface area (Å²) >= 11 is 0. The first-order chi connectivity index (χ1) is 15.1. The molecule has 0 aromatic heterocycles. The Morgan fingerprint density at radius 2 is 1.48 bits per heavy atom. The van der Waals surface area contributed by atoms with Crippen molar-refractivity contribution in [2.24, 2.45) is 23.7 Å². The second kappa shape index (κ2) is 6.48. The molecular formula is C25H20N2O4. The average molecular weight is 412 g/mol. The van der Waals surface area contributed by atoms with Crippen LogP contribution in [0.15, 0.2) is 66.7 Å². The van der Waals surface area contributed by atoms with Crippen LogP contribution in [-0.2, 0) is 9.59 Å². The highest BCUT2D eigenvalue weighted by molar-refractivity contribution is 6.25. The number of nitro benzene ring substituents is 1. The lowest BCUT2D eigenvalue weighted by Crippen LogP contribution is -2.33. The van der Waals surface area contributed by atoms with Crippen LogP contribution in [0.2, 0.25) is 0 Å². The molecule has 6 heteroatoms. The Labute approximate surface area is 178 Å². The van der Waals surface area contributed by atoms with E-state index < -0.39 is 4.92 Å². The molecular weight excluding hydrogens is 392 g/mol. The molecule has 2 bridgehead atoms. The van der Waals surface area contributed by atoms with Gasteiger partial charge >= 0.3 is 0 Å². The smallest absolute Gasteiger partial charge is 0.274 e. The molecule has 3 fully saturated rings. The lowest BCUT2D eigenvalue weighted by Gasteiger charge is -2.28. The Bertz CT molecular complexity index is 1250. The van der Waals surface area contributed by atoms with Gasteiger partial charge in [0.05, 0.1) is 27.8 Å². The predicted octanol–water partition coefficient (Wildman–Crippen LogP) is 4.68. The second-order valence-electron chi connectivity index (χ2n) is 8.88. The van der Waals surface area contributed by atoms with Gasteiger partial charge in [0.1, 0.15) is 0 Å². The minimum Gasteiger partial charge on any atom is -0.274 e. The summed E-state index contributed by atoms with van der Waals surface area (Å²) in [5.41, 5.74) is 1.68. The van der Waals surface area contributed by atoms with E-state index in [0.717, 1.165) is 12.8 Å². The number of non-ortho nitro benzene ring substituents is 1. The maximum absolute atomic E-state index is 13.6. The summed E-state index contributed by atoms with van der Waals surface area (Å²) in [5.74, 6) is -0.182. The zero-order chi connectivity index (χ0) is 21.3. The summed E-state index contributed by atoms with van der Waals surface area (Å²) in [6.07, 6.45) is 1.85. The van der Waals surface area contributed by atoms with Crippen LogP contribution in [-0.4, -0.2) is 16.7 Å². The second-order valence-corrected chi connectivity index (χ2v) is 8.88. The first-order valence-corrected chi connectivity index (χ1v) is 10.6. The quantitative estimate of drug-likeness (QED) is 0.355. The van der Waals surface area contributed by atoms with Gasteiger partial charge in [0.25, 0.3) is 5.69 Å². The lowest BCUT2D eigenvalue weighted by molar-refractivity contribution is -0.383. The van der Waals surface area contributed by atoms with Crippen molar-refractivity contribution in [3.63, 3.8) is 0 Å². The molecule has 0 spiro atoms. The van der Waals surface area contributed by atoms with E-state index in [1.807, 2.05) is 18.2 Å². The number of imide groups is 1. The van der Waals surface area contributed by atoms with Crippen LogP contribution < -0.4 is 4.90 Å². The number of benzene rings is 3. The standard InChI is InChI=1S/C25H20N2O4/c28-24-22-15-12-18(14-6-2-1-3-7-14)19(13-15)23(22)25(29)26(24)20-10-11-21(27(30)31)17-9-5-4-8-16(17)20/h1-11,15,18-19,22-23H,12-13H2/t15-,18-,19-,22-,23+/m1/s1. The summed E-state index contributed by atoms with van der Waals surface area (Å²) in [7, 11) is 0. The minimum atomic E-state index is -0.431. The minimum absolute atomic E-state index is 0.0251. The largest absolute Gasteiger partial charge is 0.277 e. The lowest BCUT2D eigenvalue weighted by atomic mass is 9.73. The number of anilines is 1. The molecule has 1 saturated heterocycles. The molecule has 2 aliphatic carbocycles. The molecule has 2 amide bonds. The highest BCUT2D eigenvalue weighted by atomic mass is 16.6. The van der Waals surface area contributed by atoms with E-state index in [2.05, 4.69) is 12.1 Å². The number of rotatable bonds is 3. The van der Waals surface area contributed by atoms with E-state index in [1.54, 1.807) is 30.3 Å². The number of nitro groups is 1. The first kappa shape index (κ1) is 18.2. The normalized spacial score (nSPS) is 29.0. The van der Waals surface area contributed by atoms with Crippen LogP contribution in [0.1, 0.15) is 24.3 Å². The van der Waals surface area contributed by atoms with Crippen molar-refractivity contribution >= 4 is 34.0 Å². The zero-order valence-electron chi connectivity index (χ0n) is 16.7.